The number of furan rings is 1. The quantitative estimate of drug-likeness (QED) is 0.725. The van der Waals surface area contributed by atoms with Crippen molar-refractivity contribution in [1.29, 1.82) is 0 Å². The molecule has 5 nitrogen and oxygen atoms in total. The van der Waals surface area contributed by atoms with E-state index in [1.54, 1.807) is 13.2 Å². The summed E-state index contributed by atoms with van der Waals surface area (Å²) in [6.45, 7) is 4.28. The van der Waals surface area contributed by atoms with Crippen molar-refractivity contribution in [3.05, 3.63) is 48.2 Å². The number of amides is 2. The van der Waals surface area contributed by atoms with Crippen LogP contribution in [0.1, 0.15) is 25.8 Å². The monoisotopic (exact) mass is 338 g/mol. The van der Waals surface area contributed by atoms with Gasteiger partial charge in [0.25, 0.3) is 0 Å². The largest absolute Gasteiger partial charge is 0.464 e. The zero-order valence-corrected chi connectivity index (χ0v) is 14.5. The lowest BCUT2D eigenvalue weighted by molar-refractivity contribution is -0.128. The number of rotatable bonds is 6. The zero-order chi connectivity index (χ0) is 17.8. The predicted molar refractivity (Wildman–Crippen MR) is 98.3 cm³/mol. The maximum atomic E-state index is 12.3. The van der Waals surface area contributed by atoms with Gasteiger partial charge in [0.05, 0.1) is 12.7 Å². The van der Waals surface area contributed by atoms with Crippen molar-refractivity contribution >= 4 is 33.6 Å². The van der Waals surface area contributed by atoms with E-state index in [4.69, 9.17) is 4.42 Å². The number of benzene rings is 2. The van der Waals surface area contributed by atoms with Crippen molar-refractivity contribution in [2.24, 2.45) is 0 Å². The Morgan fingerprint density at radius 2 is 1.96 bits per heavy atom. The maximum absolute atomic E-state index is 12.3. The minimum absolute atomic E-state index is 0.169. The van der Waals surface area contributed by atoms with E-state index >= 15 is 0 Å². The summed E-state index contributed by atoms with van der Waals surface area (Å²) in [4.78, 5) is 24.2. The van der Waals surface area contributed by atoms with Crippen LogP contribution in [0.4, 0.5) is 0 Å². The highest BCUT2D eigenvalue weighted by molar-refractivity contribution is 6.08. The van der Waals surface area contributed by atoms with E-state index in [1.807, 2.05) is 43.3 Å². The second kappa shape index (κ2) is 7.38. The zero-order valence-electron chi connectivity index (χ0n) is 14.5. The van der Waals surface area contributed by atoms with Gasteiger partial charge in [-0.1, -0.05) is 37.3 Å². The molecule has 130 valence electrons. The number of carbonyl (C=O) groups is 2. The highest BCUT2D eigenvalue weighted by atomic mass is 16.3. The number of carbonyl (C=O) groups excluding carboxylic acids is 2. The Morgan fingerprint density at radius 1 is 1.16 bits per heavy atom. The molecule has 0 aliphatic carbocycles. The van der Waals surface area contributed by atoms with Crippen LogP contribution in [0.15, 0.2) is 47.1 Å². The second-order valence-electron chi connectivity index (χ2n) is 6.18. The van der Waals surface area contributed by atoms with E-state index in [1.165, 1.54) is 0 Å². The Labute approximate surface area is 146 Å². The first-order valence-corrected chi connectivity index (χ1v) is 8.55. The van der Waals surface area contributed by atoms with Gasteiger partial charge >= 0.3 is 0 Å². The Balaban J connectivity index is 1.78. The van der Waals surface area contributed by atoms with Crippen molar-refractivity contribution < 1.29 is 14.0 Å². The molecule has 2 amide bonds. The van der Waals surface area contributed by atoms with E-state index in [2.05, 4.69) is 10.6 Å². The van der Waals surface area contributed by atoms with Gasteiger partial charge in [-0.25, -0.2) is 0 Å². The van der Waals surface area contributed by atoms with Crippen LogP contribution in [0.25, 0.3) is 21.7 Å². The fourth-order valence-electron chi connectivity index (χ4n) is 2.94. The van der Waals surface area contributed by atoms with Crippen molar-refractivity contribution in [3.63, 3.8) is 0 Å². The van der Waals surface area contributed by atoms with Gasteiger partial charge in [0.1, 0.15) is 11.6 Å². The minimum Gasteiger partial charge on any atom is -0.464 e. The van der Waals surface area contributed by atoms with Gasteiger partial charge < -0.3 is 15.1 Å². The standard InChI is InChI=1S/C20H22N2O3/c1-3-10-21-20(24)13(2)22-18(23)11-15-12-25-17-9-8-14-6-4-5-7-16(14)19(15)17/h4-9,12-13H,3,10-11H2,1-2H3,(H,21,24)(H,22,23). The smallest absolute Gasteiger partial charge is 0.242 e. The van der Waals surface area contributed by atoms with Crippen LogP contribution >= 0.6 is 0 Å². The number of hydrogen-bond donors (Lipinski definition) is 2. The van der Waals surface area contributed by atoms with Crippen molar-refractivity contribution in [2.75, 3.05) is 6.54 Å². The normalized spacial score (nSPS) is 12.2. The summed E-state index contributed by atoms with van der Waals surface area (Å²) >= 11 is 0. The van der Waals surface area contributed by atoms with Gasteiger partial charge in [-0.2, -0.15) is 0 Å². The molecule has 3 rings (SSSR count). The first kappa shape index (κ1) is 17.0. The van der Waals surface area contributed by atoms with Crippen LogP contribution in [0.2, 0.25) is 0 Å². The Morgan fingerprint density at radius 3 is 2.76 bits per heavy atom. The molecule has 0 radical (unpaired) electrons. The first-order chi connectivity index (χ1) is 12.1. The van der Waals surface area contributed by atoms with E-state index in [0.717, 1.165) is 33.7 Å². The van der Waals surface area contributed by atoms with Crippen LogP contribution in [0.5, 0.6) is 0 Å². The first-order valence-electron chi connectivity index (χ1n) is 8.55. The molecule has 0 aliphatic heterocycles. The summed E-state index contributed by atoms with van der Waals surface area (Å²) in [5.74, 6) is -0.368. The highest BCUT2D eigenvalue weighted by Gasteiger charge is 2.17. The van der Waals surface area contributed by atoms with Crippen LogP contribution in [-0.4, -0.2) is 24.4 Å². The molecule has 2 N–H and O–H groups in total. The average molecular weight is 338 g/mol. The van der Waals surface area contributed by atoms with Crippen LogP contribution in [0, 0.1) is 0 Å². The molecule has 0 aliphatic rings. The lowest BCUT2D eigenvalue weighted by Gasteiger charge is -2.13. The van der Waals surface area contributed by atoms with Gasteiger partial charge in [0.15, 0.2) is 0 Å². The molecule has 0 saturated carbocycles. The number of fused-ring (bicyclic) bond motifs is 3. The van der Waals surface area contributed by atoms with E-state index in [9.17, 15) is 9.59 Å². The topological polar surface area (TPSA) is 71.3 Å². The average Bonchev–Trinajstić information content (AvgIpc) is 3.02. The van der Waals surface area contributed by atoms with E-state index in [0.29, 0.717) is 6.54 Å². The van der Waals surface area contributed by atoms with Crippen LogP contribution in [-0.2, 0) is 16.0 Å². The van der Waals surface area contributed by atoms with Gasteiger partial charge in [-0.3, -0.25) is 9.59 Å². The lowest BCUT2D eigenvalue weighted by Crippen LogP contribution is -2.45. The Hall–Kier alpha value is -2.82. The summed E-state index contributed by atoms with van der Waals surface area (Å²) in [5.41, 5.74) is 1.58. The highest BCUT2D eigenvalue weighted by Crippen LogP contribution is 2.30. The molecule has 2 aromatic carbocycles. The third-order valence-electron chi connectivity index (χ3n) is 4.21. The molecule has 0 fully saturated rings. The summed E-state index contributed by atoms with van der Waals surface area (Å²) in [7, 11) is 0. The molecule has 25 heavy (non-hydrogen) atoms. The maximum Gasteiger partial charge on any atom is 0.242 e. The lowest BCUT2D eigenvalue weighted by atomic mass is 10.0. The molecular formula is C20H22N2O3. The molecule has 1 heterocycles. The van der Waals surface area contributed by atoms with E-state index < -0.39 is 6.04 Å². The van der Waals surface area contributed by atoms with Crippen LogP contribution < -0.4 is 10.6 Å². The summed E-state index contributed by atoms with van der Waals surface area (Å²) < 4.78 is 5.60. The van der Waals surface area contributed by atoms with Crippen molar-refractivity contribution in [2.45, 2.75) is 32.7 Å². The van der Waals surface area contributed by atoms with Crippen molar-refractivity contribution in [3.8, 4) is 0 Å². The molecule has 3 aromatic rings. The second-order valence-corrected chi connectivity index (χ2v) is 6.18. The Kier molecular flexibility index (Phi) is 5.03. The Bertz CT molecular complexity index is 914. The van der Waals surface area contributed by atoms with E-state index in [-0.39, 0.29) is 18.2 Å². The molecule has 1 aromatic heterocycles. The molecule has 1 unspecified atom stereocenters. The fraction of sp³-hybridized carbons (Fsp3) is 0.300. The fourth-order valence-corrected chi connectivity index (χ4v) is 2.94. The summed E-state index contributed by atoms with van der Waals surface area (Å²) in [5, 5.41) is 8.64. The van der Waals surface area contributed by atoms with Gasteiger partial charge in [0, 0.05) is 17.5 Å². The van der Waals surface area contributed by atoms with Crippen LogP contribution in [0.3, 0.4) is 0 Å². The predicted octanol–water partition coefficient (Wildman–Crippen LogP) is 3.16. The molecular weight excluding hydrogens is 316 g/mol. The molecule has 5 heteroatoms. The third-order valence-corrected chi connectivity index (χ3v) is 4.21. The SMILES string of the molecule is CCCNC(=O)C(C)NC(=O)Cc1coc2ccc3ccccc3c12. The van der Waals surface area contributed by atoms with Crippen molar-refractivity contribution in [1.82, 2.24) is 10.6 Å². The minimum atomic E-state index is -0.561. The molecule has 0 saturated heterocycles. The number of nitrogens with one attached hydrogen (secondary N) is 2. The third kappa shape index (κ3) is 3.65. The summed E-state index contributed by atoms with van der Waals surface area (Å²) in [6.07, 6.45) is 2.66. The molecule has 0 bridgehead atoms. The summed E-state index contributed by atoms with van der Waals surface area (Å²) in [6, 6.07) is 11.4. The van der Waals surface area contributed by atoms with Gasteiger partial charge in [-0.05, 0) is 30.2 Å². The van der Waals surface area contributed by atoms with Gasteiger partial charge in [-0.15, -0.1) is 0 Å². The molecule has 0 spiro atoms. The van der Waals surface area contributed by atoms with Gasteiger partial charge in [0.2, 0.25) is 11.8 Å². The molecule has 1 atom stereocenters. The number of hydrogen-bond acceptors (Lipinski definition) is 3.